The zero-order chi connectivity index (χ0) is 13.1. The summed E-state index contributed by atoms with van der Waals surface area (Å²) in [6.45, 7) is 6.52. The molecule has 0 aliphatic carbocycles. The van der Waals surface area contributed by atoms with E-state index >= 15 is 0 Å². The third kappa shape index (κ3) is 4.22. The van der Waals surface area contributed by atoms with Gasteiger partial charge in [-0.3, -0.25) is 10.2 Å². The molecule has 1 heterocycles. The molecular weight excluding hydrogens is 222 g/mol. The number of amides is 2. The summed E-state index contributed by atoms with van der Waals surface area (Å²) in [5, 5.41) is 0. The van der Waals surface area contributed by atoms with Crippen molar-refractivity contribution < 1.29 is 14.3 Å². The molecule has 2 N–H and O–H groups in total. The molecule has 0 bridgehead atoms. The Balaban J connectivity index is 2.45. The van der Waals surface area contributed by atoms with Crippen molar-refractivity contribution in [1.82, 2.24) is 15.8 Å². The lowest BCUT2D eigenvalue weighted by molar-refractivity contribution is -0.159. The third-order valence-corrected chi connectivity index (χ3v) is 2.45. The Hall–Kier alpha value is -1.30. The summed E-state index contributed by atoms with van der Waals surface area (Å²) in [6.07, 6.45) is 0.659. The number of nitrogens with one attached hydrogen (secondary N) is 2. The van der Waals surface area contributed by atoms with Crippen LogP contribution in [-0.4, -0.2) is 42.6 Å². The SMILES string of the molecule is CNNC(=O)N1CCC(C(=O)OC(C)(C)C)C1. The van der Waals surface area contributed by atoms with E-state index in [9.17, 15) is 9.59 Å². The second-order valence-corrected chi connectivity index (χ2v) is 5.15. The average molecular weight is 243 g/mol. The fourth-order valence-electron chi connectivity index (χ4n) is 1.71. The molecule has 1 rings (SSSR count). The summed E-state index contributed by atoms with van der Waals surface area (Å²) < 4.78 is 5.30. The molecule has 0 spiro atoms. The number of hydrazine groups is 1. The van der Waals surface area contributed by atoms with E-state index in [0.717, 1.165) is 0 Å². The van der Waals surface area contributed by atoms with Crippen molar-refractivity contribution >= 4 is 12.0 Å². The molecule has 1 aliphatic rings. The minimum Gasteiger partial charge on any atom is -0.460 e. The highest BCUT2D eigenvalue weighted by Crippen LogP contribution is 2.20. The van der Waals surface area contributed by atoms with E-state index in [4.69, 9.17) is 4.74 Å². The van der Waals surface area contributed by atoms with Crippen molar-refractivity contribution in [2.75, 3.05) is 20.1 Å². The summed E-state index contributed by atoms with van der Waals surface area (Å²) in [7, 11) is 1.62. The molecule has 0 aromatic carbocycles. The lowest BCUT2D eigenvalue weighted by Crippen LogP contribution is -2.44. The minimum atomic E-state index is -0.474. The number of carbonyl (C=O) groups excluding carboxylic acids is 2. The number of carbonyl (C=O) groups is 2. The molecule has 17 heavy (non-hydrogen) atoms. The smallest absolute Gasteiger partial charge is 0.331 e. The van der Waals surface area contributed by atoms with Gasteiger partial charge in [-0.05, 0) is 27.2 Å². The maximum atomic E-state index is 11.8. The summed E-state index contributed by atoms with van der Waals surface area (Å²) in [5.41, 5.74) is 4.57. The summed E-state index contributed by atoms with van der Waals surface area (Å²) in [4.78, 5) is 24.9. The molecular formula is C11H21N3O3. The maximum Gasteiger partial charge on any atom is 0.331 e. The number of hydrogen-bond donors (Lipinski definition) is 2. The van der Waals surface area contributed by atoms with E-state index in [0.29, 0.717) is 19.5 Å². The number of ether oxygens (including phenoxy) is 1. The van der Waals surface area contributed by atoms with Crippen molar-refractivity contribution in [3.05, 3.63) is 0 Å². The first kappa shape index (κ1) is 13.8. The largest absolute Gasteiger partial charge is 0.460 e. The zero-order valence-electron chi connectivity index (χ0n) is 10.9. The molecule has 1 fully saturated rings. The minimum absolute atomic E-state index is 0.210. The summed E-state index contributed by atoms with van der Waals surface area (Å²) in [5.74, 6) is -0.436. The molecule has 1 unspecified atom stereocenters. The molecule has 1 saturated heterocycles. The second-order valence-electron chi connectivity index (χ2n) is 5.15. The number of rotatable bonds is 2. The fraction of sp³-hybridized carbons (Fsp3) is 0.818. The first-order chi connectivity index (χ1) is 7.83. The molecule has 1 aliphatic heterocycles. The van der Waals surface area contributed by atoms with Crippen LogP contribution in [0.1, 0.15) is 27.2 Å². The summed E-state index contributed by atoms with van der Waals surface area (Å²) in [6, 6.07) is -0.210. The Morgan fingerprint density at radius 2 is 2.00 bits per heavy atom. The fourth-order valence-corrected chi connectivity index (χ4v) is 1.71. The molecule has 2 amide bonds. The standard InChI is InChI=1S/C11H21N3O3/c1-11(2,3)17-9(15)8-5-6-14(7-8)10(16)13-12-4/h8,12H,5-7H2,1-4H3,(H,13,16). The van der Waals surface area contributed by atoms with Crippen LogP contribution in [0.3, 0.4) is 0 Å². The number of hydrogen-bond acceptors (Lipinski definition) is 4. The van der Waals surface area contributed by atoms with Crippen LogP contribution in [-0.2, 0) is 9.53 Å². The van der Waals surface area contributed by atoms with Gasteiger partial charge in [0, 0.05) is 20.1 Å². The lowest BCUT2D eigenvalue weighted by atomic mass is 10.1. The third-order valence-electron chi connectivity index (χ3n) is 2.45. The van der Waals surface area contributed by atoms with Gasteiger partial charge in [-0.2, -0.15) is 0 Å². The maximum absolute atomic E-state index is 11.8. The van der Waals surface area contributed by atoms with Crippen molar-refractivity contribution in [1.29, 1.82) is 0 Å². The highest BCUT2D eigenvalue weighted by molar-refractivity contribution is 5.78. The van der Waals surface area contributed by atoms with Gasteiger partial charge in [-0.15, -0.1) is 0 Å². The van der Waals surface area contributed by atoms with Crippen LogP contribution in [0.5, 0.6) is 0 Å². The van der Waals surface area contributed by atoms with Crippen molar-refractivity contribution in [3.8, 4) is 0 Å². The molecule has 0 radical (unpaired) electrons. The zero-order valence-corrected chi connectivity index (χ0v) is 10.9. The molecule has 98 valence electrons. The van der Waals surface area contributed by atoms with Gasteiger partial charge in [-0.1, -0.05) is 0 Å². The van der Waals surface area contributed by atoms with Gasteiger partial charge < -0.3 is 9.64 Å². The first-order valence-electron chi connectivity index (χ1n) is 5.78. The van der Waals surface area contributed by atoms with Gasteiger partial charge in [0.1, 0.15) is 5.60 Å². The second kappa shape index (κ2) is 5.35. The molecule has 0 aromatic rings. The van der Waals surface area contributed by atoms with Crippen LogP contribution in [0.25, 0.3) is 0 Å². The van der Waals surface area contributed by atoms with E-state index in [1.807, 2.05) is 20.8 Å². The number of nitrogens with zero attached hydrogens (tertiary/aromatic N) is 1. The predicted octanol–water partition coefficient (Wildman–Crippen LogP) is 0.494. The van der Waals surface area contributed by atoms with Crippen molar-refractivity contribution in [2.45, 2.75) is 32.8 Å². The number of likely N-dealkylation sites (tertiary alicyclic amines) is 1. The van der Waals surface area contributed by atoms with Crippen LogP contribution < -0.4 is 10.9 Å². The Labute approximate surface area is 102 Å². The van der Waals surface area contributed by atoms with E-state index in [1.165, 1.54) is 0 Å². The van der Waals surface area contributed by atoms with Gasteiger partial charge in [0.2, 0.25) is 0 Å². The van der Waals surface area contributed by atoms with Gasteiger partial charge in [0.05, 0.1) is 5.92 Å². The van der Waals surface area contributed by atoms with Gasteiger partial charge in [-0.25, -0.2) is 10.2 Å². The van der Waals surface area contributed by atoms with Crippen LogP contribution in [0.2, 0.25) is 0 Å². The van der Waals surface area contributed by atoms with Crippen LogP contribution in [0.4, 0.5) is 4.79 Å². The van der Waals surface area contributed by atoms with E-state index in [-0.39, 0.29) is 17.9 Å². The number of urea groups is 1. The van der Waals surface area contributed by atoms with Crippen molar-refractivity contribution in [2.24, 2.45) is 5.92 Å². The van der Waals surface area contributed by atoms with Gasteiger partial charge >= 0.3 is 12.0 Å². The average Bonchev–Trinajstić information content (AvgIpc) is 2.63. The molecule has 1 atom stereocenters. The predicted molar refractivity (Wildman–Crippen MR) is 63.1 cm³/mol. The molecule has 0 saturated carbocycles. The molecule has 0 aromatic heterocycles. The number of esters is 1. The van der Waals surface area contributed by atoms with E-state index in [2.05, 4.69) is 10.9 Å². The van der Waals surface area contributed by atoms with E-state index < -0.39 is 5.60 Å². The topological polar surface area (TPSA) is 70.7 Å². The van der Waals surface area contributed by atoms with Crippen LogP contribution in [0.15, 0.2) is 0 Å². The normalized spacial score (nSPS) is 20.2. The monoisotopic (exact) mass is 243 g/mol. The Morgan fingerprint density at radius 1 is 1.35 bits per heavy atom. The highest BCUT2D eigenvalue weighted by atomic mass is 16.6. The van der Waals surface area contributed by atoms with E-state index in [1.54, 1.807) is 11.9 Å². The highest BCUT2D eigenvalue weighted by Gasteiger charge is 2.33. The lowest BCUT2D eigenvalue weighted by Gasteiger charge is -2.22. The molecule has 6 heteroatoms. The van der Waals surface area contributed by atoms with Crippen LogP contribution in [0, 0.1) is 5.92 Å². The Bertz CT molecular complexity index is 299. The Kier molecular flexibility index (Phi) is 4.34. The first-order valence-corrected chi connectivity index (χ1v) is 5.78. The van der Waals surface area contributed by atoms with Gasteiger partial charge in [0.25, 0.3) is 0 Å². The summed E-state index contributed by atoms with van der Waals surface area (Å²) >= 11 is 0. The van der Waals surface area contributed by atoms with Crippen molar-refractivity contribution in [3.63, 3.8) is 0 Å². The quantitative estimate of drug-likeness (QED) is 0.547. The Morgan fingerprint density at radius 3 is 2.53 bits per heavy atom. The molecule has 6 nitrogen and oxygen atoms in total. The van der Waals surface area contributed by atoms with Crippen LogP contribution >= 0.6 is 0 Å². The van der Waals surface area contributed by atoms with Gasteiger partial charge in [0.15, 0.2) is 0 Å².